The van der Waals surface area contributed by atoms with Gasteiger partial charge in [-0.05, 0) is 56.4 Å². The summed E-state index contributed by atoms with van der Waals surface area (Å²) in [6, 6.07) is 5.69. The van der Waals surface area contributed by atoms with E-state index in [0.717, 1.165) is 35.7 Å². The molecule has 2 aromatic heterocycles. The van der Waals surface area contributed by atoms with E-state index in [4.69, 9.17) is 14.5 Å². The lowest BCUT2D eigenvalue weighted by Gasteiger charge is -2.17. The van der Waals surface area contributed by atoms with E-state index >= 15 is 0 Å². The Balaban J connectivity index is 1.34. The molecule has 28 heavy (non-hydrogen) atoms. The highest BCUT2D eigenvalue weighted by atomic mass is 16.7. The summed E-state index contributed by atoms with van der Waals surface area (Å²) in [5, 5.41) is 11.3. The predicted octanol–water partition coefficient (Wildman–Crippen LogP) is 2.86. The molecular formula is C20H20N6O2. The maximum atomic E-state index is 5.43. The number of nitrogens with zero attached hydrogens (tertiary/aromatic N) is 5. The molecule has 1 aliphatic heterocycles. The van der Waals surface area contributed by atoms with Crippen LogP contribution in [0.5, 0.6) is 11.5 Å². The van der Waals surface area contributed by atoms with Gasteiger partial charge in [0.05, 0.1) is 18.4 Å². The molecule has 0 spiro atoms. The Hall–Kier alpha value is -3.29. The van der Waals surface area contributed by atoms with Crippen LogP contribution < -0.4 is 14.8 Å². The van der Waals surface area contributed by atoms with Gasteiger partial charge in [0.15, 0.2) is 11.5 Å². The first-order valence-corrected chi connectivity index (χ1v) is 9.45. The smallest absolute Gasteiger partial charge is 0.243 e. The maximum Gasteiger partial charge on any atom is 0.243 e. The molecule has 0 unspecified atom stereocenters. The third kappa shape index (κ3) is 3.21. The van der Waals surface area contributed by atoms with Gasteiger partial charge in [0.25, 0.3) is 0 Å². The van der Waals surface area contributed by atoms with E-state index in [1.165, 1.54) is 24.1 Å². The number of fused-ring (bicyclic) bond motifs is 2. The molecule has 142 valence electrons. The first-order chi connectivity index (χ1) is 13.8. The molecule has 8 nitrogen and oxygen atoms in total. The normalized spacial score (nSPS) is 14.6. The van der Waals surface area contributed by atoms with E-state index in [-0.39, 0.29) is 6.79 Å². The van der Waals surface area contributed by atoms with E-state index < -0.39 is 0 Å². The molecule has 0 fully saturated rings. The van der Waals surface area contributed by atoms with Crippen LogP contribution in [0.3, 0.4) is 0 Å². The molecule has 0 amide bonds. The van der Waals surface area contributed by atoms with Crippen molar-refractivity contribution >= 4 is 5.95 Å². The SMILES string of the molecule is Cc1nc(CNc2nncc(-c3ccc4c(c3)OCO4)n2)nc2c1CCCC2. The van der Waals surface area contributed by atoms with Crippen molar-refractivity contribution in [3.63, 3.8) is 0 Å². The van der Waals surface area contributed by atoms with Gasteiger partial charge < -0.3 is 14.8 Å². The molecule has 2 aliphatic rings. The summed E-state index contributed by atoms with van der Waals surface area (Å²) in [7, 11) is 0. The summed E-state index contributed by atoms with van der Waals surface area (Å²) in [5.74, 6) is 2.65. The van der Waals surface area contributed by atoms with Gasteiger partial charge in [0.1, 0.15) is 5.82 Å². The first-order valence-electron chi connectivity index (χ1n) is 9.45. The molecule has 0 radical (unpaired) electrons. The largest absolute Gasteiger partial charge is 0.454 e. The summed E-state index contributed by atoms with van der Waals surface area (Å²) in [5.41, 5.74) is 5.18. The van der Waals surface area contributed by atoms with E-state index in [9.17, 15) is 0 Å². The summed E-state index contributed by atoms with van der Waals surface area (Å²) in [6.07, 6.45) is 6.16. The van der Waals surface area contributed by atoms with E-state index in [2.05, 4.69) is 32.4 Å². The van der Waals surface area contributed by atoms with Crippen LogP contribution in [0.15, 0.2) is 24.4 Å². The Kier molecular flexibility index (Phi) is 4.23. The lowest BCUT2D eigenvalue weighted by Crippen LogP contribution is -2.15. The lowest BCUT2D eigenvalue weighted by atomic mass is 9.95. The molecule has 0 saturated carbocycles. The number of rotatable bonds is 4. The fraction of sp³-hybridized carbons (Fsp3) is 0.350. The van der Waals surface area contributed by atoms with Crippen LogP contribution >= 0.6 is 0 Å². The van der Waals surface area contributed by atoms with Crippen LogP contribution in [-0.2, 0) is 19.4 Å². The zero-order valence-electron chi connectivity index (χ0n) is 15.6. The van der Waals surface area contributed by atoms with Crippen molar-refractivity contribution in [1.82, 2.24) is 25.1 Å². The lowest BCUT2D eigenvalue weighted by molar-refractivity contribution is 0.174. The Morgan fingerprint density at radius 2 is 1.93 bits per heavy atom. The van der Waals surface area contributed by atoms with Crippen LogP contribution in [0, 0.1) is 6.92 Å². The quantitative estimate of drug-likeness (QED) is 0.743. The number of nitrogens with one attached hydrogen (secondary N) is 1. The molecule has 0 atom stereocenters. The molecular weight excluding hydrogens is 356 g/mol. The Morgan fingerprint density at radius 1 is 1.04 bits per heavy atom. The second kappa shape index (κ2) is 7.03. The highest BCUT2D eigenvalue weighted by molar-refractivity contribution is 5.64. The Morgan fingerprint density at radius 3 is 2.89 bits per heavy atom. The second-order valence-electron chi connectivity index (χ2n) is 6.94. The summed E-state index contributed by atoms with van der Waals surface area (Å²) in [4.78, 5) is 13.9. The molecule has 0 bridgehead atoms. The van der Waals surface area contributed by atoms with E-state index in [1.54, 1.807) is 6.20 Å². The fourth-order valence-corrected chi connectivity index (χ4v) is 3.65. The van der Waals surface area contributed by atoms with Gasteiger partial charge in [-0.15, -0.1) is 5.10 Å². The van der Waals surface area contributed by atoms with Crippen molar-refractivity contribution in [3.05, 3.63) is 47.2 Å². The van der Waals surface area contributed by atoms with Crippen LogP contribution in [0.1, 0.15) is 35.6 Å². The third-order valence-corrected chi connectivity index (χ3v) is 5.07. The average Bonchev–Trinajstić information content (AvgIpc) is 3.20. The monoisotopic (exact) mass is 376 g/mol. The predicted molar refractivity (Wildman–Crippen MR) is 102 cm³/mol. The zero-order valence-corrected chi connectivity index (χ0v) is 15.6. The number of benzene rings is 1. The van der Waals surface area contributed by atoms with E-state index in [0.29, 0.717) is 23.9 Å². The van der Waals surface area contributed by atoms with Crippen LogP contribution in [0.2, 0.25) is 0 Å². The highest BCUT2D eigenvalue weighted by Crippen LogP contribution is 2.35. The summed E-state index contributed by atoms with van der Waals surface area (Å²) >= 11 is 0. The van der Waals surface area contributed by atoms with Gasteiger partial charge >= 0.3 is 0 Å². The molecule has 1 aliphatic carbocycles. The number of aryl methyl sites for hydroxylation is 2. The maximum absolute atomic E-state index is 5.43. The first kappa shape index (κ1) is 16.9. The van der Waals surface area contributed by atoms with Crippen molar-refractivity contribution in [1.29, 1.82) is 0 Å². The van der Waals surface area contributed by atoms with Gasteiger partial charge in [-0.25, -0.2) is 15.0 Å². The van der Waals surface area contributed by atoms with Crippen LogP contribution in [-0.4, -0.2) is 31.9 Å². The van der Waals surface area contributed by atoms with Gasteiger partial charge in [-0.2, -0.15) is 5.10 Å². The summed E-state index contributed by atoms with van der Waals surface area (Å²) in [6.45, 7) is 2.77. The molecule has 0 saturated heterocycles. The number of ether oxygens (including phenoxy) is 2. The Bertz CT molecular complexity index is 1040. The van der Waals surface area contributed by atoms with Crippen molar-refractivity contribution < 1.29 is 9.47 Å². The number of anilines is 1. The second-order valence-corrected chi connectivity index (χ2v) is 6.94. The van der Waals surface area contributed by atoms with E-state index in [1.807, 2.05) is 18.2 Å². The molecule has 3 aromatic rings. The minimum Gasteiger partial charge on any atom is -0.454 e. The topological polar surface area (TPSA) is 94.9 Å². The summed E-state index contributed by atoms with van der Waals surface area (Å²) < 4.78 is 10.8. The molecule has 1 aromatic carbocycles. The van der Waals surface area contributed by atoms with Gasteiger partial charge in [0, 0.05) is 17.0 Å². The van der Waals surface area contributed by atoms with Crippen molar-refractivity contribution in [2.45, 2.75) is 39.2 Å². The zero-order chi connectivity index (χ0) is 18.9. The fourth-order valence-electron chi connectivity index (χ4n) is 3.65. The molecule has 5 rings (SSSR count). The van der Waals surface area contributed by atoms with Crippen molar-refractivity contribution in [2.75, 3.05) is 12.1 Å². The third-order valence-electron chi connectivity index (χ3n) is 5.07. The average molecular weight is 376 g/mol. The van der Waals surface area contributed by atoms with Crippen molar-refractivity contribution in [2.24, 2.45) is 0 Å². The van der Waals surface area contributed by atoms with Crippen molar-refractivity contribution in [3.8, 4) is 22.8 Å². The van der Waals surface area contributed by atoms with Crippen LogP contribution in [0.25, 0.3) is 11.3 Å². The molecule has 8 heteroatoms. The number of hydrogen-bond acceptors (Lipinski definition) is 8. The number of aromatic nitrogens is 5. The minimum absolute atomic E-state index is 0.244. The molecule has 1 N–H and O–H groups in total. The Labute approximate surface area is 162 Å². The van der Waals surface area contributed by atoms with Gasteiger partial charge in [-0.3, -0.25) is 0 Å². The molecule has 3 heterocycles. The van der Waals surface area contributed by atoms with Crippen LogP contribution in [0.4, 0.5) is 5.95 Å². The minimum atomic E-state index is 0.244. The van der Waals surface area contributed by atoms with Gasteiger partial charge in [-0.1, -0.05) is 0 Å². The standard InChI is InChI=1S/C20H20N6O2/c1-12-14-4-2-3-5-15(14)24-19(23-12)10-21-20-25-16(9-22-26-20)13-6-7-17-18(8-13)28-11-27-17/h6-9H,2-5,10-11H2,1H3,(H,21,25,26). The highest BCUT2D eigenvalue weighted by Gasteiger charge is 2.16. The number of hydrogen-bond donors (Lipinski definition) is 1. The van der Waals surface area contributed by atoms with Gasteiger partial charge in [0.2, 0.25) is 12.7 Å².